The lowest BCUT2D eigenvalue weighted by molar-refractivity contribution is -0.160. The van der Waals surface area contributed by atoms with Gasteiger partial charge in [0, 0.05) is 0 Å². The Hall–Kier alpha value is -2.32. The number of aliphatic carboxylic acids is 1. The van der Waals surface area contributed by atoms with Crippen LogP contribution in [0.2, 0.25) is 0 Å². The molecule has 9 heteroatoms. The van der Waals surface area contributed by atoms with E-state index in [0.717, 1.165) is 0 Å². The summed E-state index contributed by atoms with van der Waals surface area (Å²) >= 11 is 0. The van der Waals surface area contributed by atoms with Crippen LogP contribution in [0.25, 0.3) is 0 Å². The van der Waals surface area contributed by atoms with Crippen molar-refractivity contribution in [2.45, 2.75) is 98.9 Å². The molecule has 0 unspecified atom stereocenters. The maximum absolute atomic E-state index is 12.8. The Kier molecular flexibility index (Phi) is 11.6. The quantitative estimate of drug-likeness (QED) is 0.417. The number of esters is 1. The Morgan fingerprint density at radius 3 is 1.77 bits per heavy atom. The minimum Gasteiger partial charge on any atom is -0.480 e. The molecule has 0 aliphatic carbocycles. The molecule has 0 heterocycles. The second-order valence-electron chi connectivity index (χ2n) is 9.95. The highest BCUT2D eigenvalue weighted by molar-refractivity contribution is 5.89. The van der Waals surface area contributed by atoms with Gasteiger partial charge in [0.05, 0.1) is 0 Å². The summed E-state index contributed by atoms with van der Waals surface area (Å²) in [6.45, 7) is 15.9. The topological polar surface area (TPSA) is 131 Å². The summed E-state index contributed by atoms with van der Waals surface area (Å²) in [4.78, 5) is 49.2. The third-order valence-electron chi connectivity index (χ3n) is 4.15. The zero-order chi connectivity index (χ0) is 24.5. The summed E-state index contributed by atoms with van der Waals surface area (Å²) in [5.41, 5.74) is -0.737. The van der Waals surface area contributed by atoms with Gasteiger partial charge in [-0.05, 0) is 51.4 Å². The van der Waals surface area contributed by atoms with E-state index in [9.17, 15) is 24.3 Å². The highest BCUT2D eigenvalue weighted by Gasteiger charge is 2.33. The minimum absolute atomic E-state index is 0.00763. The van der Waals surface area contributed by atoms with Crippen LogP contribution in [0.3, 0.4) is 0 Å². The molecule has 0 fully saturated rings. The normalized spacial score (nSPS) is 14.7. The van der Waals surface area contributed by atoms with Crippen molar-refractivity contribution in [1.29, 1.82) is 0 Å². The van der Waals surface area contributed by atoms with Crippen molar-refractivity contribution >= 4 is 23.9 Å². The molecule has 0 bridgehead atoms. The third-order valence-corrected chi connectivity index (χ3v) is 4.15. The SMILES string of the molecule is CC(C)C[C@H](NC(=O)OC(C)(C)C)C(=O)O[C@@H](CC(C)C)C(=O)N[C@H](C(=O)O)C(C)C. The van der Waals surface area contributed by atoms with Crippen LogP contribution in [0, 0.1) is 17.8 Å². The summed E-state index contributed by atoms with van der Waals surface area (Å²) in [5, 5.41) is 14.3. The van der Waals surface area contributed by atoms with Crippen molar-refractivity contribution in [1.82, 2.24) is 10.6 Å². The molecular formula is C22H40N2O7. The van der Waals surface area contributed by atoms with Crippen LogP contribution in [-0.4, -0.2) is 52.8 Å². The van der Waals surface area contributed by atoms with Gasteiger partial charge in [-0.1, -0.05) is 41.5 Å². The molecule has 0 aromatic heterocycles. The van der Waals surface area contributed by atoms with Gasteiger partial charge in [0.1, 0.15) is 17.7 Å². The first kappa shape index (κ1) is 28.7. The predicted molar refractivity (Wildman–Crippen MR) is 116 cm³/mol. The number of amides is 2. The van der Waals surface area contributed by atoms with Crippen LogP contribution >= 0.6 is 0 Å². The molecule has 0 aliphatic rings. The summed E-state index contributed by atoms with van der Waals surface area (Å²) in [7, 11) is 0. The molecule has 0 rings (SSSR count). The first-order chi connectivity index (χ1) is 14.0. The predicted octanol–water partition coefficient (Wildman–Crippen LogP) is 3.11. The molecular weight excluding hydrogens is 404 g/mol. The number of nitrogens with one attached hydrogen (secondary N) is 2. The smallest absolute Gasteiger partial charge is 0.408 e. The molecule has 0 saturated heterocycles. The molecule has 180 valence electrons. The molecule has 0 aromatic rings. The molecule has 0 spiro atoms. The van der Waals surface area contributed by atoms with Crippen molar-refractivity contribution in [3.63, 3.8) is 0 Å². The van der Waals surface area contributed by atoms with Gasteiger partial charge < -0.3 is 25.2 Å². The van der Waals surface area contributed by atoms with E-state index in [2.05, 4.69) is 10.6 Å². The van der Waals surface area contributed by atoms with Crippen molar-refractivity contribution < 1.29 is 33.8 Å². The molecule has 31 heavy (non-hydrogen) atoms. The third kappa shape index (κ3) is 12.2. The number of rotatable bonds is 11. The zero-order valence-electron chi connectivity index (χ0n) is 20.3. The summed E-state index contributed by atoms with van der Waals surface area (Å²) in [5.74, 6) is -2.89. The molecule has 3 N–H and O–H groups in total. The van der Waals surface area contributed by atoms with Gasteiger partial charge in [0.25, 0.3) is 5.91 Å². The monoisotopic (exact) mass is 444 g/mol. The minimum atomic E-state index is -1.18. The Labute approximate surface area is 185 Å². The van der Waals surface area contributed by atoms with Gasteiger partial charge >= 0.3 is 18.0 Å². The largest absolute Gasteiger partial charge is 0.480 e. The molecule has 0 radical (unpaired) electrons. The van der Waals surface area contributed by atoms with Gasteiger partial charge in [0.15, 0.2) is 6.10 Å². The Morgan fingerprint density at radius 1 is 0.871 bits per heavy atom. The van der Waals surface area contributed by atoms with Gasteiger partial charge in [-0.25, -0.2) is 14.4 Å². The van der Waals surface area contributed by atoms with Gasteiger partial charge in [-0.2, -0.15) is 0 Å². The number of carboxylic acid groups (broad SMARTS) is 1. The lowest BCUT2D eigenvalue weighted by Gasteiger charge is -2.27. The number of carboxylic acids is 1. The number of hydrogen-bond donors (Lipinski definition) is 3. The van der Waals surface area contributed by atoms with E-state index in [1.54, 1.807) is 34.6 Å². The van der Waals surface area contributed by atoms with Crippen LogP contribution in [0.5, 0.6) is 0 Å². The second kappa shape index (κ2) is 12.5. The molecule has 0 aliphatic heterocycles. The fourth-order valence-electron chi connectivity index (χ4n) is 2.75. The average Bonchev–Trinajstić information content (AvgIpc) is 2.54. The first-order valence-corrected chi connectivity index (χ1v) is 10.8. The summed E-state index contributed by atoms with van der Waals surface area (Å²) in [6, 6.07) is -2.11. The standard InChI is InChI=1S/C22H40N2O7/c1-12(2)10-15(23-21(29)31-22(7,8)9)20(28)30-16(11-13(3)4)18(25)24-17(14(5)6)19(26)27/h12-17H,10-11H2,1-9H3,(H,23,29)(H,24,25)(H,26,27)/t15-,16-,17-/m0/s1. The summed E-state index contributed by atoms with van der Waals surface area (Å²) < 4.78 is 10.7. The Bertz CT molecular complexity index is 624. The maximum Gasteiger partial charge on any atom is 0.408 e. The van der Waals surface area contributed by atoms with E-state index >= 15 is 0 Å². The number of carbonyl (C=O) groups excluding carboxylic acids is 3. The molecule has 9 nitrogen and oxygen atoms in total. The molecule has 3 atom stereocenters. The fraction of sp³-hybridized carbons (Fsp3) is 0.818. The van der Waals surface area contributed by atoms with E-state index < -0.39 is 47.7 Å². The Morgan fingerprint density at radius 2 is 1.39 bits per heavy atom. The van der Waals surface area contributed by atoms with Crippen molar-refractivity contribution in [3.05, 3.63) is 0 Å². The molecule has 0 saturated carbocycles. The van der Waals surface area contributed by atoms with Crippen LogP contribution in [0.4, 0.5) is 4.79 Å². The number of alkyl carbamates (subject to hydrolysis) is 1. The van der Waals surface area contributed by atoms with E-state index in [1.807, 2.05) is 27.7 Å². The van der Waals surface area contributed by atoms with E-state index in [4.69, 9.17) is 9.47 Å². The van der Waals surface area contributed by atoms with Gasteiger partial charge in [-0.3, -0.25) is 4.79 Å². The van der Waals surface area contributed by atoms with Crippen LogP contribution in [0.1, 0.15) is 75.2 Å². The van der Waals surface area contributed by atoms with Crippen molar-refractivity contribution in [2.24, 2.45) is 17.8 Å². The van der Waals surface area contributed by atoms with Gasteiger partial charge in [0.2, 0.25) is 0 Å². The van der Waals surface area contributed by atoms with E-state index in [0.29, 0.717) is 0 Å². The van der Waals surface area contributed by atoms with Crippen molar-refractivity contribution in [2.75, 3.05) is 0 Å². The highest BCUT2D eigenvalue weighted by Crippen LogP contribution is 2.15. The van der Waals surface area contributed by atoms with Gasteiger partial charge in [-0.15, -0.1) is 0 Å². The van der Waals surface area contributed by atoms with E-state index in [1.165, 1.54) is 0 Å². The molecule has 2 amide bonds. The number of hydrogen-bond acceptors (Lipinski definition) is 6. The average molecular weight is 445 g/mol. The lowest BCUT2D eigenvalue weighted by atomic mass is 10.0. The second-order valence-corrected chi connectivity index (χ2v) is 9.95. The zero-order valence-corrected chi connectivity index (χ0v) is 20.3. The van der Waals surface area contributed by atoms with Crippen LogP contribution in [0.15, 0.2) is 0 Å². The fourth-order valence-corrected chi connectivity index (χ4v) is 2.75. The first-order valence-electron chi connectivity index (χ1n) is 10.8. The Balaban J connectivity index is 5.47. The summed E-state index contributed by atoms with van der Waals surface area (Å²) in [6.07, 6.45) is -1.44. The maximum atomic E-state index is 12.8. The highest BCUT2D eigenvalue weighted by atomic mass is 16.6. The lowest BCUT2D eigenvalue weighted by Crippen LogP contribution is -2.51. The molecule has 0 aromatic carbocycles. The van der Waals surface area contributed by atoms with E-state index in [-0.39, 0.29) is 30.6 Å². The van der Waals surface area contributed by atoms with Crippen molar-refractivity contribution in [3.8, 4) is 0 Å². The number of carbonyl (C=O) groups is 4. The van der Waals surface area contributed by atoms with Crippen LogP contribution < -0.4 is 10.6 Å². The number of ether oxygens (including phenoxy) is 2. The van der Waals surface area contributed by atoms with Crippen LogP contribution in [-0.2, 0) is 23.9 Å².